The Morgan fingerprint density at radius 3 is 0.488 bits per heavy atom. The molecule has 8 nitrogen and oxygen atoms in total. The maximum Gasteiger partial charge on any atom is 1.00 e. The Balaban J connectivity index is 0.00000144. The van der Waals surface area contributed by atoms with Crippen LogP contribution in [0.5, 0.6) is 0 Å². The molecule has 9 heteroatoms. The minimum atomic E-state index is 0. The molecule has 8 atom stereocenters. The van der Waals surface area contributed by atoms with E-state index in [4.69, 9.17) is 0 Å². The first-order valence-electron chi connectivity index (χ1n) is 17.9. The molecule has 0 aromatic rings. The molecule has 9 aliphatic rings. The van der Waals surface area contributed by atoms with Crippen molar-refractivity contribution >= 4 is 0 Å². The van der Waals surface area contributed by atoms with Crippen LogP contribution in [-0.4, -0.2) is 49.3 Å². The smallest absolute Gasteiger partial charge is 1.00 e. The van der Waals surface area contributed by atoms with E-state index in [0.717, 1.165) is 47.3 Å². The summed E-state index contributed by atoms with van der Waals surface area (Å²) >= 11 is 0. The third-order valence-corrected chi connectivity index (χ3v) is 13.8. The third kappa shape index (κ3) is 5.40. The van der Waals surface area contributed by atoms with Gasteiger partial charge in [-0.25, -0.2) is 0 Å². The Morgan fingerprint density at radius 1 is 0.244 bits per heavy atom. The Bertz CT molecular complexity index is 723. The normalized spacial score (nSPS) is 56.2. The van der Waals surface area contributed by atoms with Gasteiger partial charge in [-0.1, -0.05) is 51.4 Å². The van der Waals surface area contributed by atoms with E-state index in [1.165, 1.54) is 103 Å². The van der Waals surface area contributed by atoms with Crippen molar-refractivity contribution < 1.29 is 59.6 Å². The quantitative estimate of drug-likeness (QED) is 0.184. The van der Waals surface area contributed by atoms with E-state index in [1.807, 2.05) is 0 Å². The summed E-state index contributed by atoms with van der Waals surface area (Å²) in [7, 11) is 0. The molecule has 0 radical (unpaired) electrons. The number of hydrogen-bond acceptors (Lipinski definition) is 8. The van der Waals surface area contributed by atoms with E-state index in [2.05, 4.69) is 42.5 Å². The molecule has 0 spiro atoms. The van der Waals surface area contributed by atoms with E-state index in [0.29, 0.717) is 49.3 Å². The zero-order valence-electron chi connectivity index (χ0n) is 26.6. The van der Waals surface area contributed by atoms with Crippen LogP contribution in [0.3, 0.4) is 0 Å². The van der Waals surface area contributed by atoms with Gasteiger partial charge in [-0.15, -0.1) is 0 Å². The van der Waals surface area contributed by atoms with Gasteiger partial charge in [-0.05, 0) is 98.7 Å². The minimum Gasteiger partial charge on any atom is -1.00 e. The van der Waals surface area contributed by atoms with Gasteiger partial charge in [0.05, 0.1) is 49.3 Å². The van der Waals surface area contributed by atoms with Crippen molar-refractivity contribution in [1.82, 2.24) is 42.5 Å². The van der Waals surface area contributed by atoms with Crippen LogP contribution in [0.15, 0.2) is 0 Å². The van der Waals surface area contributed by atoms with Crippen molar-refractivity contribution in [3.05, 3.63) is 0 Å². The summed E-state index contributed by atoms with van der Waals surface area (Å²) in [6.07, 6.45) is 25.6. The Kier molecular flexibility index (Phi) is 9.17. The fourth-order valence-corrected chi connectivity index (χ4v) is 12.0. The fraction of sp³-hybridized carbons (Fsp3) is 1.00. The maximum atomic E-state index is 4.26. The van der Waals surface area contributed by atoms with Gasteiger partial charge in [0.15, 0.2) is 0 Å². The molecule has 0 aromatic heterocycles. The first-order valence-corrected chi connectivity index (χ1v) is 17.9. The van der Waals surface area contributed by atoms with Crippen LogP contribution in [0.1, 0.15) is 104 Å². The van der Waals surface area contributed by atoms with E-state index >= 15 is 0 Å². The first kappa shape index (κ1) is 29.9. The number of fused-ring (bicyclic) bond motifs is 20. The van der Waals surface area contributed by atoms with Gasteiger partial charge in [0.2, 0.25) is 0 Å². The second kappa shape index (κ2) is 12.6. The SMILES string of the molecule is C1CCC2C3NC(NC4NC(NC5NC(NC6NC(N3)C3CCCCC63)C3CCCCC53)C3CCCCC43)C2C1.[H-].[Rb+]. The summed E-state index contributed by atoms with van der Waals surface area (Å²) in [6, 6.07) is 0. The maximum absolute atomic E-state index is 4.26. The topological polar surface area (TPSA) is 96.2 Å². The van der Waals surface area contributed by atoms with E-state index in [-0.39, 0.29) is 59.6 Å². The average Bonchev–Trinajstić information content (AvgIpc) is 3.73. The van der Waals surface area contributed by atoms with Crippen molar-refractivity contribution in [1.29, 1.82) is 0 Å². The van der Waals surface area contributed by atoms with E-state index < -0.39 is 0 Å². The fourth-order valence-electron chi connectivity index (χ4n) is 12.0. The molecule has 4 saturated carbocycles. The summed E-state index contributed by atoms with van der Waals surface area (Å²) in [5.41, 5.74) is 0. The second-order valence-corrected chi connectivity index (χ2v) is 15.6. The van der Waals surface area contributed by atoms with Gasteiger partial charge >= 0.3 is 58.2 Å². The van der Waals surface area contributed by atoms with Gasteiger partial charge in [0, 0.05) is 0 Å². The van der Waals surface area contributed by atoms with Crippen LogP contribution in [0.4, 0.5) is 0 Å². The molecule has 8 bridgehead atoms. The Hall–Kier alpha value is 1.49. The molecule has 0 amide bonds. The summed E-state index contributed by atoms with van der Waals surface area (Å²) in [6.45, 7) is 0. The van der Waals surface area contributed by atoms with E-state index in [1.54, 1.807) is 0 Å². The van der Waals surface area contributed by atoms with Crippen molar-refractivity contribution in [2.75, 3.05) is 0 Å². The van der Waals surface area contributed by atoms with Gasteiger partial charge in [-0.3, -0.25) is 42.5 Å². The van der Waals surface area contributed by atoms with Crippen LogP contribution in [0.25, 0.3) is 0 Å². The average molecular weight is 639 g/mol. The molecule has 8 N–H and O–H groups in total. The molecular formula is C32H57N8Rb. The third-order valence-electron chi connectivity index (χ3n) is 13.8. The van der Waals surface area contributed by atoms with Crippen LogP contribution in [0.2, 0.25) is 0 Å². The first-order chi connectivity index (χ1) is 19.8. The van der Waals surface area contributed by atoms with Crippen molar-refractivity contribution in [3.63, 3.8) is 0 Å². The molecule has 5 aliphatic heterocycles. The molecule has 41 heavy (non-hydrogen) atoms. The van der Waals surface area contributed by atoms with Crippen LogP contribution in [0, 0.1) is 47.3 Å². The minimum absolute atomic E-state index is 0. The van der Waals surface area contributed by atoms with Gasteiger partial charge < -0.3 is 1.43 Å². The van der Waals surface area contributed by atoms with Crippen molar-refractivity contribution in [3.8, 4) is 0 Å². The summed E-state index contributed by atoms with van der Waals surface area (Å²) < 4.78 is 0. The summed E-state index contributed by atoms with van der Waals surface area (Å²) in [5.74, 6) is 5.97. The zero-order chi connectivity index (χ0) is 26.2. The second-order valence-electron chi connectivity index (χ2n) is 15.6. The number of hydrogen-bond donors (Lipinski definition) is 8. The predicted octanol–water partition coefficient (Wildman–Crippen LogP) is -0.278. The van der Waals surface area contributed by atoms with Crippen molar-refractivity contribution in [2.24, 2.45) is 47.3 Å². The molecule has 4 aliphatic carbocycles. The van der Waals surface area contributed by atoms with Gasteiger partial charge in [0.1, 0.15) is 0 Å². The predicted molar refractivity (Wildman–Crippen MR) is 158 cm³/mol. The van der Waals surface area contributed by atoms with Crippen LogP contribution < -0.4 is 101 Å². The monoisotopic (exact) mass is 638 g/mol. The number of rotatable bonds is 0. The largest absolute Gasteiger partial charge is 1.00 e. The number of nitrogens with one attached hydrogen (secondary N) is 8. The molecule has 9 fully saturated rings. The molecule has 5 saturated heterocycles. The van der Waals surface area contributed by atoms with Crippen LogP contribution >= 0.6 is 0 Å². The van der Waals surface area contributed by atoms with E-state index in [9.17, 15) is 0 Å². The summed E-state index contributed by atoms with van der Waals surface area (Å²) in [5, 5.41) is 33.8. The molecule has 226 valence electrons. The van der Waals surface area contributed by atoms with Gasteiger partial charge in [0.25, 0.3) is 0 Å². The standard InChI is InChI=1S/C32H56N8.Rb.H/c1-2-10-18-17(9-1)25-33-26(18)38-28-21-13-5-6-14-22(21)30(35-28)40-32-24-16-8-7-15-23(24)31(36-32)39-29-20-12-4-3-11-19(20)27(34-29)37-25;;/h17-40H,1-16H2;;/q;+1;-1. The van der Waals surface area contributed by atoms with Crippen LogP contribution in [-0.2, 0) is 0 Å². The van der Waals surface area contributed by atoms with Crippen molar-refractivity contribution in [2.45, 2.75) is 152 Å². The Labute approximate surface area is 298 Å². The molecule has 5 heterocycles. The zero-order valence-corrected chi connectivity index (χ0v) is 30.5. The summed E-state index contributed by atoms with van der Waals surface area (Å²) in [4.78, 5) is 0. The van der Waals surface area contributed by atoms with Gasteiger partial charge in [-0.2, -0.15) is 0 Å². The molecular weight excluding hydrogens is 582 g/mol. The Morgan fingerprint density at radius 2 is 0.366 bits per heavy atom. The molecule has 9 rings (SSSR count). The molecule has 8 unspecified atom stereocenters. The molecule has 0 aromatic carbocycles.